The Kier molecular flexibility index (Phi) is 3.39. The number of ether oxygens (including phenoxy) is 1. The first kappa shape index (κ1) is 11.8. The Balaban J connectivity index is 1.92. The zero-order valence-electron chi connectivity index (χ0n) is 11.0. The highest BCUT2D eigenvalue weighted by Gasteiger charge is 2.25. The normalized spacial score (nSPS) is 20.9. The molecule has 1 fully saturated rings. The van der Waals surface area contributed by atoms with Gasteiger partial charge in [-0.15, -0.1) is 0 Å². The van der Waals surface area contributed by atoms with Crippen molar-refractivity contribution in [1.29, 1.82) is 0 Å². The maximum Gasteiger partial charge on any atom is 0.217 e. The number of nitrogen functional groups attached to an aromatic ring is 1. The van der Waals surface area contributed by atoms with Crippen LogP contribution >= 0.6 is 0 Å². The van der Waals surface area contributed by atoms with Crippen LogP contribution in [0.2, 0.25) is 0 Å². The molecule has 0 spiro atoms. The Morgan fingerprint density at radius 3 is 2.61 bits per heavy atom. The number of anilines is 1. The average molecular weight is 246 g/mol. The van der Waals surface area contributed by atoms with Crippen molar-refractivity contribution in [3.05, 3.63) is 17.3 Å². The lowest BCUT2D eigenvalue weighted by molar-refractivity contribution is 0.345. The van der Waals surface area contributed by atoms with Crippen molar-refractivity contribution in [3.8, 4) is 5.88 Å². The fourth-order valence-electron chi connectivity index (χ4n) is 3.41. The molecule has 3 nitrogen and oxygen atoms in total. The van der Waals surface area contributed by atoms with E-state index in [-0.39, 0.29) is 0 Å². The summed E-state index contributed by atoms with van der Waals surface area (Å²) in [4.78, 5) is 4.31. The van der Waals surface area contributed by atoms with Crippen LogP contribution in [-0.2, 0) is 6.42 Å². The fraction of sp³-hybridized carbons (Fsp3) is 0.667. The van der Waals surface area contributed by atoms with Crippen LogP contribution in [0.25, 0.3) is 0 Å². The Morgan fingerprint density at radius 1 is 1.11 bits per heavy atom. The molecule has 1 aromatic heterocycles. The quantitative estimate of drug-likeness (QED) is 0.826. The maximum absolute atomic E-state index is 6.20. The molecular formula is C15H22N2O. The zero-order chi connectivity index (χ0) is 12.4. The molecule has 1 aromatic rings. The minimum atomic E-state index is 0.628. The van der Waals surface area contributed by atoms with Crippen molar-refractivity contribution in [3.63, 3.8) is 0 Å². The van der Waals surface area contributed by atoms with Gasteiger partial charge < -0.3 is 10.5 Å². The van der Waals surface area contributed by atoms with E-state index < -0.39 is 0 Å². The third-order valence-electron chi connectivity index (χ3n) is 4.32. The molecule has 1 saturated carbocycles. The molecule has 1 aliphatic heterocycles. The van der Waals surface area contributed by atoms with Gasteiger partial charge in [0.1, 0.15) is 0 Å². The number of aromatic nitrogens is 1. The van der Waals surface area contributed by atoms with E-state index in [1.165, 1.54) is 56.1 Å². The van der Waals surface area contributed by atoms with E-state index in [0.29, 0.717) is 5.92 Å². The molecule has 3 rings (SSSR count). The SMILES string of the molecule is Nc1cnc2c(c1C1CCCCCCC1)CCO2. The van der Waals surface area contributed by atoms with Crippen molar-refractivity contribution in [2.24, 2.45) is 0 Å². The van der Waals surface area contributed by atoms with Crippen LogP contribution in [0.5, 0.6) is 5.88 Å². The van der Waals surface area contributed by atoms with Gasteiger partial charge in [0.2, 0.25) is 5.88 Å². The highest BCUT2D eigenvalue weighted by Crippen LogP contribution is 2.40. The Morgan fingerprint density at radius 2 is 1.83 bits per heavy atom. The van der Waals surface area contributed by atoms with Crippen LogP contribution in [0.15, 0.2) is 6.20 Å². The summed E-state index contributed by atoms with van der Waals surface area (Å²) < 4.78 is 5.57. The van der Waals surface area contributed by atoms with Crippen LogP contribution < -0.4 is 10.5 Å². The molecule has 18 heavy (non-hydrogen) atoms. The predicted molar refractivity (Wildman–Crippen MR) is 72.9 cm³/mol. The van der Waals surface area contributed by atoms with E-state index in [1.54, 1.807) is 6.20 Å². The first-order chi connectivity index (χ1) is 8.86. The molecule has 2 N–H and O–H groups in total. The first-order valence-corrected chi connectivity index (χ1v) is 7.26. The number of rotatable bonds is 1. The summed E-state index contributed by atoms with van der Waals surface area (Å²) in [5.74, 6) is 1.46. The summed E-state index contributed by atoms with van der Waals surface area (Å²) in [7, 11) is 0. The smallest absolute Gasteiger partial charge is 0.217 e. The van der Waals surface area contributed by atoms with Crippen LogP contribution in [0.3, 0.4) is 0 Å². The average Bonchev–Trinajstić information content (AvgIpc) is 2.78. The van der Waals surface area contributed by atoms with Crippen molar-refractivity contribution < 1.29 is 4.74 Å². The van der Waals surface area contributed by atoms with Gasteiger partial charge in [0.25, 0.3) is 0 Å². The van der Waals surface area contributed by atoms with Crippen molar-refractivity contribution in [2.45, 2.75) is 57.3 Å². The maximum atomic E-state index is 6.20. The molecule has 0 amide bonds. The Hall–Kier alpha value is -1.25. The lowest BCUT2D eigenvalue weighted by Gasteiger charge is -2.23. The van der Waals surface area contributed by atoms with Gasteiger partial charge in [-0.05, 0) is 24.3 Å². The number of pyridine rings is 1. The minimum absolute atomic E-state index is 0.628. The molecule has 2 aliphatic rings. The minimum Gasteiger partial charge on any atom is -0.477 e. The monoisotopic (exact) mass is 246 g/mol. The Labute approximate surface area is 109 Å². The van der Waals surface area contributed by atoms with E-state index in [1.807, 2.05) is 0 Å². The number of hydrogen-bond donors (Lipinski definition) is 1. The second kappa shape index (κ2) is 5.17. The van der Waals surface area contributed by atoms with Gasteiger partial charge in [0, 0.05) is 12.0 Å². The third kappa shape index (κ3) is 2.18. The van der Waals surface area contributed by atoms with Crippen LogP contribution in [-0.4, -0.2) is 11.6 Å². The summed E-state index contributed by atoms with van der Waals surface area (Å²) in [5, 5.41) is 0. The summed E-state index contributed by atoms with van der Waals surface area (Å²) in [6, 6.07) is 0. The van der Waals surface area contributed by atoms with Gasteiger partial charge in [-0.25, -0.2) is 4.98 Å². The highest BCUT2D eigenvalue weighted by molar-refractivity contribution is 5.55. The second-order valence-corrected chi connectivity index (χ2v) is 5.55. The molecular weight excluding hydrogens is 224 g/mol. The number of hydrogen-bond acceptors (Lipinski definition) is 3. The van der Waals surface area contributed by atoms with Gasteiger partial charge in [-0.1, -0.05) is 32.1 Å². The summed E-state index contributed by atoms with van der Waals surface area (Å²) in [6.07, 6.45) is 12.2. The predicted octanol–water partition coefficient (Wildman–Crippen LogP) is 3.43. The molecule has 0 radical (unpaired) electrons. The second-order valence-electron chi connectivity index (χ2n) is 5.55. The van der Waals surface area contributed by atoms with Gasteiger partial charge in [-0.3, -0.25) is 0 Å². The zero-order valence-corrected chi connectivity index (χ0v) is 11.0. The van der Waals surface area contributed by atoms with Crippen molar-refractivity contribution >= 4 is 5.69 Å². The molecule has 1 aliphatic carbocycles. The summed E-state index contributed by atoms with van der Waals surface area (Å²) >= 11 is 0. The van der Waals surface area contributed by atoms with Gasteiger partial charge >= 0.3 is 0 Å². The van der Waals surface area contributed by atoms with E-state index in [9.17, 15) is 0 Å². The molecule has 0 atom stereocenters. The van der Waals surface area contributed by atoms with Crippen LogP contribution in [0.4, 0.5) is 5.69 Å². The topological polar surface area (TPSA) is 48.1 Å². The highest BCUT2D eigenvalue weighted by atomic mass is 16.5. The molecule has 0 aromatic carbocycles. The van der Waals surface area contributed by atoms with Crippen molar-refractivity contribution in [2.75, 3.05) is 12.3 Å². The number of nitrogens with zero attached hydrogens (tertiary/aromatic N) is 1. The van der Waals surface area contributed by atoms with E-state index in [4.69, 9.17) is 10.5 Å². The van der Waals surface area contributed by atoms with E-state index >= 15 is 0 Å². The standard InChI is InChI=1S/C15H22N2O/c16-13-10-17-15-12(8-9-18-15)14(13)11-6-4-2-1-3-5-7-11/h10-11H,1-9,16H2. The molecule has 2 heterocycles. The van der Waals surface area contributed by atoms with Crippen LogP contribution in [0, 0.1) is 0 Å². The molecule has 0 unspecified atom stereocenters. The molecule has 0 saturated heterocycles. The third-order valence-corrected chi connectivity index (χ3v) is 4.32. The first-order valence-electron chi connectivity index (χ1n) is 7.26. The van der Waals surface area contributed by atoms with Gasteiger partial charge in [0.05, 0.1) is 18.5 Å². The van der Waals surface area contributed by atoms with Crippen molar-refractivity contribution in [1.82, 2.24) is 4.98 Å². The molecule has 3 heteroatoms. The Bertz CT molecular complexity index is 423. The number of fused-ring (bicyclic) bond motifs is 1. The lowest BCUT2D eigenvalue weighted by Crippen LogP contribution is -2.09. The number of nitrogens with two attached hydrogens (primary N) is 1. The molecule has 98 valence electrons. The summed E-state index contributed by atoms with van der Waals surface area (Å²) in [5.41, 5.74) is 9.73. The van der Waals surface area contributed by atoms with Gasteiger partial charge in [-0.2, -0.15) is 0 Å². The van der Waals surface area contributed by atoms with Crippen LogP contribution in [0.1, 0.15) is 62.0 Å². The van der Waals surface area contributed by atoms with E-state index in [0.717, 1.165) is 24.6 Å². The summed E-state index contributed by atoms with van der Waals surface area (Å²) in [6.45, 7) is 0.769. The largest absolute Gasteiger partial charge is 0.477 e. The fourth-order valence-corrected chi connectivity index (χ4v) is 3.41. The lowest BCUT2D eigenvalue weighted by atomic mass is 9.83. The van der Waals surface area contributed by atoms with E-state index in [2.05, 4.69) is 4.98 Å². The van der Waals surface area contributed by atoms with Gasteiger partial charge in [0.15, 0.2) is 0 Å². The molecule has 0 bridgehead atoms.